The molecule has 0 aliphatic carbocycles. The molecule has 0 aliphatic heterocycles. The van der Waals surface area contributed by atoms with Gasteiger partial charge in [-0.1, -0.05) is 12.1 Å². The molecule has 1 aromatic carbocycles. The average molecular weight is 199 g/mol. The van der Waals surface area contributed by atoms with Crippen molar-refractivity contribution in [3.63, 3.8) is 0 Å². The van der Waals surface area contributed by atoms with Crippen LogP contribution in [-0.2, 0) is 0 Å². The summed E-state index contributed by atoms with van der Waals surface area (Å²) >= 11 is 0. The number of nitrogens with zero attached hydrogens (tertiary/aromatic N) is 2. The number of aromatic nitrogens is 1. The predicted molar refractivity (Wildman–Crippen MR) is 56.2 cm³/mol. The van der Waals surface area contributed by atoms with Gasteiger partial charge in [0, 0.05) is 12.6 Å². The van der Waals surface area contributed by atoms with Crippen LogP contribution in [-0.4, -0.2) is 12.0 Å². The van der Waals surface area contributed by atoms with Crippen LogP contribution in [0.25, 0.3) is 11.3 Å². The summed E-state index contributed by atoms with van der Waals surface area (Å²) in [5.41, 5.74) is 2.32. The summed E-state index contributed by atoms with van der Waals surface area (Å²) in [5, 5.41) is 11.5. The molecule has 0 fully saturated rings. The molecular weight excluding hydrogens is 190 g/mol. The van der Waals surface area contributed by atoms with Gasteiger partial charge in [0.15, 0.2) is 0 Å². The highest BCUT2D eigenvalue weighted by atomic mass is 16.4. The average Bonchev–Trinajstić information content (AvgIpc) is 2.78. The van der Waals surface area contributed by atoms with Crippen LogP contribution in [0.2, 0.25) is 0 Å². The van der Waals surface area contributed by atoms with Crippen LogP contribution in [0.4, 0.5) is 6.01 Å². The van der Waals surface area contributed by atoms with Gasteiger partial charge in [-0.25, -0.2) is 0 Å². The van der Waals surface area contributed by atoms with E-state index in [1.54, 1.807) is 25.4 Å². The lowest BCUT2D eigenvalue weighted by Crippen LogP contribution is -1.86. The Balaban J connectivity index is 2.33. The highest BCUT2D eigenvalue weighted by Crippen LogP contribution is 2.20. The molecule has 0 saturated carbocycles. The molecule has 0 radical (unpaired) electrons. The zero-order valence-corrected chi connectivity index (χ0v) is 8.19. The molecule has 1 aromatic heterocycles. The Bertz CT molecular complexity index is 493. The molecule has 0 aliphatic rings. The smallest absolute Gasteiger partial charge is 0.294 e. The number of oxazole rings is 1. The number of rotatable bonds is 2. The Hall–Kier alpha value is -2.28. The molecule has 0 amide bonds. The molecule has 4 heteroatoms. The van der Waals surface area contributed by atoms with E-state index in [4.69, 9.17) is 9.68 Å². The van der Waals surface area contributed by atoms with Gasteiger partial charge in [0.1, 0.15) is 12.0 Å². The van der Waals surface area contributed by atoms with Crippen molar-refractivity contribution in [1.29, 1.82) is 5.26 Å². The SMILES string of the molecule is CNc1nc(-c2ccc(C#N)cc2)co1. The summed E-state index contributed by atoms with van der Waals surface area (Å²) in [6.45, 7) is 0. The Morgan fingerprint density at radius 3 is 2.60 bits per heavy atom. The number of anilines is 1. The minimum absolute atomic E-state index is 0.481. The quantitative estimate of drug-likeness (QED) is 0.805. The molecule has 15 heavy (non-hydrogen) atoms. The second kappa shape index (κ2) is 3.84. The Labute approximate surface area is 87.2 Å². The van der Waals surface area contributed by atoms with Crippen LogP contribution < -0.4 is 5.32 Å². The minimum Gasteiger partial charge on any atom is -0.432 e. The van der Waals surface area contributed by atoms with E-state index in [2.05, 4.69) is 16.4 Å². The van der Waals surface area contributed by atoms with Crippen molar-refractivity contribution in [2.24, 2.45) is 0 Å². The first-order valence-corrected chi connectivity index (χ1v) is 4.47. The number of hydrogen-bond acceptors (Lipinski definition) is 4. The number of nitriles is 1. The van der Waals surface area contributed by atoms with E-state index in [0.717, 1.165) is 11.3 Å². The lowest BCUT2D eigenvalue weighted by molar-refractivity contribution is 0.576. The first-order valence-electron chi connectivity index (χ1n) is 4.47. The van der Waals surface area contributed by atoms with E-state index in [1.807, 2.05) is 12.1 Å². The third-order valence-electron chi connectivity index (χ3n) is 2.03. The molecule has 0 spiro atoms. The molecule has 0 bridgehead atoms. The van der Waals surface area contributed by atoms with Crippen molar-refractivity contribution in [3.05, 3.63) is 36.1 Å². The zero-order chi connectivity index (χ0) is 10.7. The van der Waals surface area contributed by atoms with E-state index in [-0.39, 0.29) is 0 Å². The molecule has 2 aromatic rings. The zero-order valence-electron chi connectivity index (χ0n) is 8.19. The standard InChI is InChI=1S/C11H9N3O/c1-13-11-14-10(7-15-11)9-4-2-8(6-12)3-5-9/h2-5,7H,1H3,(H,13,14). The molecule has 74 valence electrons. The van der Waals surface area contributed by atoms with Crippen molar-refractivity contribution in [2.45, 2.75) is 0 Å². The van der Waals surface area contributed by atoms with E-state index in [1.165, 1.54) is 0 Å². The number of hydrogen-bond donors (Lipinski definition) is 1. The van der Waals surface area contributed by atoms with Crippen molar-refractivity contribution >= 4 is 6.01 Å². The highest BCUT2D eigenvalue weighted by molar-refractivity contribution is 5.60. The van der Waals surface area contributed by atoms with Gasteiger partial charge in [0.25, 0.3) is 6.01 Å². The molecular formula is C11H9N3O. The van der Waals surface area contributed by atoms with Gasteiger partial charge in [-0.3, -0.25) is 0 Å². The number of benzene rings is 1. The van der Waals surface area contributed by atoms with Crippen LogP contribution >= 0.6 is 0 Å². The lowest BCUT2D eigenvalue weighted by atomic mass is 10.1. The van der Waals surface area contributed by atoms with Gasteiger partial charge in [-0.05, 0) is 12.1 Å². The Morgan fingerprint density at radius 2 is 2.07 bits per heavy atom. The normalized spacial score (nSPS) is 9.60. The summed E-state index contributed by atoms with van der Waals surface area (Å²) in [6.07, 6.45) is 1.58. The Morgan fingerprint density at radius 1 is 1.33 bits per heavy atom. The number of nitrogens with one attached hydrogen (secondary N) is 1. The summed E-state index contributed by atoms with van der Waals surface area (Å²) in [4.78, 5) is 4.19. The van der Waals surface area contributed by atoms with Gasteiger partial charge < -0.3 is 9.73 Å². The maximum absolute atomic E-state index is 8.65. The molecule has 1 heterocycles. The Kier molecular flexibility index (Phi) is 2.38. The first-order chi connectivity index (χ1) is 7.33. The van der Waals surface area contributed by atoms with E-state index >= 15 is 0 Å². The van der Waals surface area contributed by atoms with Gasteiger partial charge in [-0.2, -0.15) is 10.2 Å². The van der Waals surface area contributed by atoms with Gasteiger partial charge in [0.2, 0.25) is 0 Å². The second-order valence-corrected chi connectivity index (χ2v) is 2.98. The molecule has 1 N–H and O–H groups in total. The topological polar surface area (TPSA) is 61.9 Å². The molecule has 2 rings (SSSR count). The van der Waals surface area contributed by atoms with Crippen LogP contribution in [0.3, 0.4) is 0 Å². The van der Waals surface area contributed by atoms with E-state index < -0.39 is 0 Å². The van der Waals surface area contributed by atoms with Crippen LogP contribution in [0.1, 0.15) is 5.56 Å². The highest BCUT2D eigenvalue weighted by Gasteiger charge is 2.04. The predicted octanol–water partition coefficient (Wildman–Crippen LogP) is 2.25. The van der Waals surface area contributed by atoms with Crippen LogP contribution in [0.15, 0.2) is 34.9 Å². The van der Waals surface area contributed by atoms with Crippen molar-refractivity contribution in [2.75, 3.05) is 12.4 Å². The molecule has 0 atom stereocenters. The lowest BCUT2D eigenvalue weighted by Gasteiger charge is -1.94. The minimum atomic E-state index is 0.481. The van der Waals surface area contributed by atoms with E-state index in [0.29, 0.717) is 11.6 Å². The third-order valence-corrected chi connectivity index (χ3v) is 2.03. The van der Waals surface area contributed by atoms with Gasteiger partial charge in [-0.15, -0.1) is 0 Å². The van der Waals surface area contributed by atoms with Gasteiger partial charge in [0.05, 0.1) is 11.6 Å². The molecule has 4 nitrogen and oxygen atoms in total. The first kappa shape index (κ1) is 9.28. The monoisotopic (exact) mass is 199 g/mol. The molecule has 0 saturated heterocycles. The third kappa shape index (κ3) is 1.81. The maximum Gasteiger partial charge on any atom is 0.294 e. The summed E-state index contributed by atoms with van der Waals surface area (Å²) < 4.78 is 5.14. The van der Waals surface area contributed by atoms with Crippen molar-refractivity contribution < 1.29 is 4.42 Å². The maximum atomic E-state index is 8.65. The molecule has 0 unspecified atom stereocenters. The summed E-state index contributed by atoms with van der Waals surface area (Å²) in [6, 6.07) is 9.74. The second-order valence-electron chi connectivity index (χ2n) is 2.98. The van der Waals surface area contributed by atoms with E-state index in [9.17, 15) is 0 Å². The summed E-state index contributed by atoms with van der Waals surface area (Å²) in [5.74, 6) is 0. The van der Waals surface area contributed by atoms with Gasteiger partial charge >= 0.3 is 0 Å². The largest absolute Gasteiger partial charge is 0.432 e. The summed E-state index contributed by atoms with van der Waals surface area (Å²) in [7, 11) is 1.74. The fourth-order valence-electron chi connectivity index (χ4n) is 1.24. The van der Waals surface area contributed by atoms with Crippen LogP contribution in [0.5, 0.6) is 0 Å². The van der Waals surface area contributed by atoms with Crippen molar-refractivity contribution in [3.8, 4) is 17.3 Å². The van der Waals surface area contributed by atoms with Crippen molar-refractivity contribution in [1.82, 2.24) is 4.98 Å². The van der Waals surface area contributed by atoms with Crippen LogP contribution in [0, 0.1) is 11.3 Å². The fraction of sp³-hybridized carbons (Fsp3) is 0.0909. The fourth-order valence-corrected chi connectivity index (χ4v) is 1.24.